The maximum absolute atomic E-state index is 13.3. The van der Waals surface area contributed by atoms with E-state index in [2.05, 4.69) is 27.2 Å². The predicted octanol–water partition coefficient (Wildman–Crippen LogP) is 4.83. The number of hydrogen-bond acceptors (Lipinski definition) is 6. The van der Waals surface area contributed by atoms with E-state index in [9.17, 15) is 9.18 Å². The number of benzene rings is 2. The molecule has 0 spiro atoms. The maximum Gasteiger partial charge on any atom is 0.340 e. The molecule has 162 valence electrons. The summed E-state index contributed by atoms with van der Waals surface area (Å²) in [6.07, 6.45) is 5.27. The van der Waals surface area contributed by atoms with Gasteiger partial charge in [-0.15, -0.1) is 0 Å². The summed E-state index contributed by atoms with van der Waals surface area (Å²) in [5.74, 6) is 0.368. The summed E-state index contributed by atoms with van der Waals surface area (Å²) in [4.78, 5) is 16.9. The Morgan fingerprint density at radius 3 is 2.74 bits per heavy atom. The van der Waals surface area contributed by atoms with Crippen LogP contribution < -0.4 is 15.0 Å². The molecule has 0 saturated carbocycles. The summed E-state index contributed by atoms with van der Waals surface area (Å²) in [7, 11) is 5.00. The number of hydrogen-bond donors (Lipinski definition) is 1. The van der Waals surface area contributed by atoms with Gasteiger partial charge in [0, 0.05) is 37.7 Å². The Balaban J connectivity index is 0.000000196. The number of nitrogens with zero attached hydrogens (tertiary/aromatic N) is 2. The van der Waals surface area contributed by atoms with Gasteiger partial charge in [-0.3, -0.25) is 4.98 Å². The first-order chi connectivity index (χ1) is 15.0. The molecule has 1 aliphatic rings. The third-order valence-electron chi connectivity index (χ3n) is 4.98. The predicted molar refractivity (Wildman–Crippen MR) is 120 cm³/mol. The van der Waals surface area contributed by atoms with E-state index in [0.29, 0.717) is 11.3 Å². The lowest BCUT2D eigenvalue weighted by atomic mass is 10.1. The van der Waals surface area contributed by atoms with E-state index in [1.807, 2.05) is 24.1 Å². The Bertz CT molecular complexity index is 1040. The van der Waals surface area contributed by atoms with Crippen molar-refractivity contribution in [1.82, 2.24) is 4.98 Å². The maximum atomic E-state index is 13.3. The van der Waals surface area contributed by atoms with Gasteiger partial charge in [-0.2, -0.15) is 0 Å². The highest BCUT2D eigenvalue weighted by atomic mass is 19.1. The Morgan fingerprint density at radius 2 is 2.00 bits per heavy atom. The fraction of sp³-hybridized carbons (Fsp3) is 0.250. The van der Waals surface area contributed by atoms with Gasteiger partial charge >= 0.3 is 5.97 Å². The topological polar surface area (TPSA) is 63.7 Å². The van der Waals surface area contributed by atoms with E-state index < -0.39 is 0 Å². The van der Waals surface area contributed by atoms with E-state index in [1.165, 1.54) is 24.8 Å². The molecule has 1 aromatic heterocycles. The largest absolute Gasteiger partial charge is 0.493 e. The Hall–Kier alpha value is -3.61. The molecule has 1 aliphatic heterocycles. The van der Waals surface area contributed by atoms with Crippen LogP contribution in [0.1, 0.15) is 22.3 Å². The van der Waals surface area contributed by atoms with Crippen LogP contribution in [0.5, 0.6) is 5.75 Å². The lowest BCUT2D eigenvalue weighted by Crippen LogP contribution is -2.12. The second-order valence-corrected chi connectivity index (χ2v) is 6.95. The molecular formula is C24H26FN3O3. The second-order valence-electron chi connectivity index (χ2n) is 6.95. The molecule has 31 heavy (non-hydrogen) atoms. The van der Waals surface area contributed by atoms with Crippen LogP contribution in [0.4, 0.5) is 21.5 Å². The number of halogens is 1. The minimum absolute atomic E-state index is 0.224. The highest BCUT2D eigenvalue weighted by molar-refractivity contribution is 5.95. The number of esters is 1. The molecular weight excluding hydrogens is 397 g/mol. The number of pyridine rings is 1. The first-order valence-electron chi connectivity index (χ1n) is 9.98. The van der Waals surface area contributed by atoms with Crippen LogP contribution in [0, 0.1) is 5.82 Å². The number of rotatable bonds is 4. The van der Waals surface area contributed by atoms with Crippen LogP contribution in [0.25, 0.3) is 0 Å². The summed E-state index contributed by atoms with van der Waals surface area (Å²) < 4.78 is 23.5. The van der Waals surface area contributed by atoms with Crippen LogP contribution in [0.15, 0.2) is 60.9 Å². The number of carbonyl (C=O) groups is 1. The van der Waals surface area contributed by atoms with Gasteiger partial charge in [0.05, 0.1) is 31.2 Å². The first-order valence-corrected chi connectivity index (χ1v) is 9.98. The molecule has 0 amide bonds. The third-order valence-corrected chi connectivity index (χ3v) is 4.98. The SMILES string of the molecule is CN(c1cccc(F)c1)c1ccc2c(c1)OCCC2.CNc1cnccc1C(=O)OC. The Kier molecular flexibility index (Phi) is 7.43. The van der Waals surface area contributed by atoms with E-state index >= 15 is 0 Å². The van der Waals surface area contributed by atoms with Crippen LogP contribution >= 0.6 is 0 Å². The van der Waals surface area contributed by atoms with Crippen LogP contribution in [0.2, 0.25) is 0 Å². The van der Waals surface area contributed by atoms with Crippen molar-refractivity contribution < 1.29 is 18.7 Å². The normalized spacial score (nSPS) is 11.9. The molecule has 0 radical (unpaired) electrons. The Labute approximate surface area is 181 Å². The molecule has 4 rings (SSSR count). The molecule has 6 nitrogen and oxygen atoms in total. The molecule has 0 atom stereocenters. The van der Waals surface area contributed by atoms with Gasteiger partial charge in [-0.1, -0.05) is 12.1 Å². The zero-order chi connectivity index (χ0) is 22.2. The number of methoxy groups -OCH3 is 1. The van der Waals surface area contributed by atoms with Gasteiger partial charge in [0.15, 0.2) is 0 Å². The van der Waals surface area contributed by atoms with Crippen molar-refractivity contribution in [2.45, 2.75) is 12.8 Å². The second kappa shape index (κ2) is 10.4. The number of aromatic nitrogens is 1. The van der Waals surface area contributed by atoms with E-state index in [-0.39, 0.29) is 11.8 Å². The van der Waals surface area contributed by atoms with Crippen molar-refractivity contribution in [3.63, 3.8) is 0 Å². The van der Waals surface area contributed by atoms with Gasteiger partial charge in [0.25, 0.3) is 0 Å². The highest BCUT2D eigenvalue weighted by Gasteiger charge is 2.13. The molecule has 2 heterocycles. The molecule has 2 aromatic carbocycles. The summed E-state index contributed by atoms with van der Waals surface area (Å²) in [6, 6.07) is 14.4. The van der Waals surface area contributed by atoms with Gasteiger partial charge in [0.1, 0.15) is 11.6 Å². The smallest absolute Gasteiger partial charge is 0.340 e. The number of nitrogens with one attached hydrogen (secondary N) is 1. The lowest BCUT2D eigenvalue weighted by Gasteiger charge is -2.23. The standard InChI is InChI=1S/C16H16FNO.C8H10N2O2/c1-18(14-6-2-5-13(17)10-14)15-8-7-12-4-3-9-19-16(12)11-15;1-9-7-5-10-4-3-6(7)8(11)12-2/h2,5-8,10-11H,3-4,9H2,1H3;3-5,9H,1-2H3. The number of ether oxygens (including phenoxy) is 2. The van der Waals surface area contributed by atoms with Crippen LogP contribution in [-0.2, 0) is 11.2 Å². The van der Waals surface area contributed by atoms with Crippen molar-refractivity contribution in [3.05, 3.63) is 77.9 Å². The molecule has 7 heteroatoms. The number of anilines is 3. The number of aryl methyl sites for hydroxylation is 1. The first kappa shape index (κ1) is 22.1. The zero-order valence-electron chi connectivity index (χ0n) is 17.9. The van der Waals surface area contributed by atoms with Crippen molar-refractivity contribution >= 4 is 23.0 Å². The molecule has 0 fully saturated rings. The Morgan fingerprint density at radius 1 is 1.19 bits per heavy atom. The minimum atomic E-state index is -0.359. The van der Waals surface area contributed by atoms with E-state index in [1.54, 1.807) is 31.6 Å². The minimum Gasteiger partial charge on any atom is -0.493 e. The summed E-state index contributed by atoms with van der Waals surface area (Å²) >= 11 is 0. The van der Waals surface area contributed by atoms with E-state index in [4.69, 9.17) is 4.74 Å². The molecule has 0 unspecified atom stereocenters. The van der Waals surface area contributed by atoms with Gasteiger partial charge in [-0.05, 0) is 48.7 Å². The van der Waals surface area contributed by atoms with Crippen LogP contribution in [0.3, 0.4) is 0 Å². The zero-order valence-corrected chi connectivity index (χ0v) is 17.9. The number of fused-ring (bicyclic) bond motifs is 1. The summed E-state index contributed by atoms with van der Waals surface area (Å²) in [5.41, 5.74) is 4.25. The lowest BCUT2D eigenvalue weighted by molar-refractivity contribution is 0.0601. The van der Waals surface area contributed by atoms with Gasteiger partial charge in [0.2, 0.25) is 0 Å². The molecule has 0 aliphatic carbocycles. The quantitative estimate of drug-likeness (QED) is 0.607. The monoisotopic (exact) mass is 423 g/mol. The highest BCUT2D eigenvalue weighted by Crippen LogP contribution is 2.32. The fourth-order valence-corrected chi connectivity index (χ4v) is 3.25. The third kappa shape index (κ3) is 5.51. The molecule has 1 N–H and O–H groups in total. The van der Waals surface area contributed by atoms with E-state index in [0.717, 1.165) is 36.6 Å². The molecule has 0 saturated heterocycles. The number of carbonyl (C=O) groups excluding carboxylic acids is 1. The van der Waals surface area contributed by atoms with Crippen molar-refractivity contribution in [1.29, 1.82) is 0 Å². The summed E-state index contributed by atoms with van der Waals surface area (Å²) in [5, 5.41) is 2.85. The van der Waals surface area contributed by atoms with Crippen LogP contribution in [-0.4, -0.2) is 38.8 Å². The fourth-order valence-electron chi connectivity index (χ4n) is 3.25. The van der Waals surface area contributed by atoms with Crippen molar-refractivity contribution in [2.75, 3.05) is 38.0 Å². The molecule has 3 aromatic rings. The van der Waals surface area contributed by atoms with Crippen molar-refractivity contribution in [2.24, 2.45) is 0 Å². The summed E-state index contributed by atoms with van der Waals surface area (Å²) in [6.45, 7) is 0.778. The average molecular weight is 423 g/mol. The molecule has 0 bridgehead atoms. The van der Waals surface area contributed by atoms with Gasteiger partial charge < -0.3 is 19.7 Å². The van der Waals surface area contributed by atoms with Gasteiger partial charge in [-0.25, -0.2) is 9.18 Å². The van der Waals surface area contributed by atoms with Crippen molar-refractivity contribution in [3.8, 4) is 5.75 Å². The average Bonchev–Trinajstić information content (AvgIpc) is 2.83.